The summed E-state index contributed by atoms with van der Waals surface area (Å²) in [6.07, 6.45) is 0. The molecule has 2 saturated heterocycles. The lowest BCUT2D eigenvalue weighted by Crippen LogP contribution is -2.49. The molecular formula is C20H50N6. The molecule has 0 bridgehead atoms. The van der Waals surface area contributed by atoms with Gasteiger partial charge in [-0.3, -0.25) is 14.7 Å². The Balaban J connectivity index is 0. The average molecular weight is 375 g/mol. The van der Waals surface area contributed by atoms with Gasteiger partial charge < -0.3 is 16.4 Å². The van der Waals surface area contributed by atoms with Crippen molar-refractivity contribution in [1.29, 1.82) is 0 Å². The van der Waals surface area contributed by atoms with Gasteiger partial charge in [-0.1, -0.05) is 28.7 Å². The molecule has 6 heteroatoms. The van der Waals surface area contributed by atoms with Crippen molar-refractivity contribution < 1.29 is 0 Å². The summed E-state index contributed by atoms with van der Waals surface area (Å²) in [6.45, 7) is 22.6. The van der Waals surface area contributed by atoms with Crippen LogP contribution in [0.3, 0.4) is 0 Å². The van der Waals surface area contributed by atoms with Gasteiger partial charge in [0.05, 0.1) is 0 Å². The largest absolute Gasteiger partial charge is 0.329 e. The van der Waals surface area contributed by atoms with Crippen molar-refractivity contribution in [3.63, 3.8) is 0 Å². The van der Waals surface area contributed by atoms with Crippen molar-refractivity contribution in [2.45, 2.75) is 54.6 Å². The summed E-state index contributed by atoms with van der Waals surface area (Å²) in [5.41, 5.74) is 5.50. The average Bonchev–Trinajstić information content (AvgIpc) is 2.57. The lowest BCUT2D eigenvalue weighted by Gasteiger charge is -2.36. The summed E-state index contributed by atoms with van der Waals surface area (Å²) < 4.78 is 0. The topological polar surface area (TPSA) is 59.8 Å². The van der Waals surface area contributed by atoms with Gasteiger partial charge in [0.2, 0.25) is 0 Å². The second-order valence-corrected chi connectivity index (χ2v) is 7.46. The fourth-order valence-corrected chi connectivity index (χ4v) is 3.13. The maximum absolute atomic E-state index is 5.50. The van der Waals surface area contributed by atoms with Crippen molar-refractivity contribution in [2.24, 2.45) is 5.73 Å². The summed E-state index contributed by atoms with van der Waals surface area (Å²) in [7, 11) is 0. The van der Waals surface area contributed by atoms with E-state index in [-0.39, 0.29) is 14.9 Å². The Bertz CT molecular complexity index is 280. The number of rotatable bonds is 7. The Morgan fingerprint density at radius 1 is 0.846 bits per heavy atom. The molecule has 2 aliphatic heterocycles. The molecule has 0 radical (unpaired) electrons. The van der Waals surface area contributed by atoms with E-state index in [0.29, 0.717) is 12.1 Å². The normalized spacial score (nSPS) is 19.5. The van der Waals surface area contributed by atoms with Crippen LogP contribution >= 0.6 is 0 Å². The highest BCUT2D eigenvalue weighted by Gasteiger charge is 2.17. The molecule has 0 aromatic heterocycles. The molecule has 0 aromatic carbocycles. The molecule has 4 N–H and O–H groups in total. The van der Waals surface area contributed by atoms with Crippen molar-refractivity contribution in [1.82, 2.24) is 25.3 Å². The van der Waals surface area contributed by atoms with Crippen LogP contribution in [0.1, 0.15) is 42.5 Å². The molecule has 2 aliphatic rings. The predicted molar refractivity (Wildman–Crippen MR) is 118 cm³/mol. The van der Waals surface area contributed by atoms with Gasteiger partial charge in [0.25, 0.3) is 0 Å². The van der Waals surface area contributed by atoms with Crippen LogP contribution < -0.4 is 16.4 Å². The van der Waals surface area contributed by atoms with Gasteiger partial charge >= 0.3 is 0 Å². The highest BCUT2D eigenvalue weighted by Crippen LogP contribution is 2.04. The second kappa shape index (κ2) is 16.9. The van der Waals surface area contributed by atoms with Crippen molar-refractivity contribution in [2.75, 3.05) is 78.5 Å². The van der Waals surface area contributed by atoms with E-state index in [2.05, 4.69) is 53.0 Å². The molecule has 0 amide bonds. The lowest BCUT2D eigenvalue weighted by molar-refractivity contribution is 0.111. The summed E-state index contributed by atoms with van der Waals surface area (Å²) in [5.74, 6) is 0. The molecule has 0 spiro atoms. The van der Waals surface area contributed by atoms with Crippen LogP contribution in [0.25, 0.3) is 0 Å². The van der Waals surface area contributed by atoms with E-state index in [1.165, 1.54) is 45.8 Å². The van der Waals surface area contributed by atoms with Crippen LogP contribution in [-0.2, 0) is 0 Å². The molecule has 26 heavy (non-hydrogen) atoms. The Kier molecular flexibility index (Phi) is 18.2. The first-order valence-electron chi connectivity index (χ1n) is 9.86. The summed E-state index contributed by atoms with van der Waals surface area (Å²) in [6, 6.07) is 1.32. The van der Waals surface area contributed by atoms with Gasteiger partial charge in [-0.25, -0.2) is 0 Å². The zero-order chi connectivity index (χ0) is 17.8. The molecule has 6 nitrogen and oxygen atoms in total. The predicted octanol–water partition coefficient (Wildman–Crippen LogP) is 1.13. The van der Waals surface area contributed by atoms with Gasteiger partial charge in [-0.15, -0.1) is 0 Å². The Labute approximate surface area is 164 Å². The monoisotopic (exact) mass is 374 g/mol. The van der Waals surface area contributed by atoms with Crippen molar-refractivity contribution in [3.05, 3.63) is 0 Å². The van der Waals surface area contributed by atoms with Crippen LogP contribution in [0, 0.1) is 0 Å². The Morgan fingerprint density at radius 3 is 1.85 bits per heavy atom. The molecule has 160 valence electrons. The minimum Gasteiger partial charge on any atom is -0.329 e. The number of nitrogens with one attached hydrogen (secondary N) is 2. The van der Waals surface area contributed by atoms with E-state index in [9.17, 15) is 0 Å². The lowest BCUT2D eigenvalue weighted by atomic mass is 10.2. The first kappa shape index (κ1) is 28.0. The van der Waals surface area contributed by atoms with E-state index < -0.39 is 0 Å². The smallest absolute Gasteiger partial charge is 0.0113 e. The van der Waals surface area contributed by atoms with Crippen molar-refractivity contribution in [3.8, 4) is 0 Å². The number of nitrogens with two attached hydrogens (primary N) is 1. The van der Waals surface area contributed by atoms with E-state index in [4.69, 9.17) is 5.73 Å². The third-order valence-electron chi connectivity index (χ3n) is 4.77. The summed E-state index contributed by atoms with van der Waals surface area (Å²) >= 11 is 0. The number of piperazine rings is 2. The molecular weight excluding hydrogens is 324 g/mol. The number of hydrogen-bond acceptors (Lipinski definition) is 6. The highest BCUT2D eigenvalue weighted by molar-refractivity contribution is 4.74. The number of nitrogens with zero attached hydrogens (tertiary/aromatic N) is 3. The molecule has 0 aromatic rings. The van der Waals surface area contributed by atoms with Gasteiger partial charge in [-0.05, 0) is 13.8 Å². The molecule has 2 heterocycles. The fraction of sp³-hybridized carbons (Fsp3) is 1.00. The third-order valence-corrected chi connectivity index (χ3v) is 4.77. The third kappa shape index (κ3) is 13.0. The molecule has 0 unspecified atom stereocenters. The summed E-state index contributed by atoms with van der Waals surface area (Å²) in [4.78, 5) is 7.47. The van der Waals surface area contributed by atoms with E-state index >= 15 is 0 Å². The Hall–Kier alpha value is -0.240. The first-order chi connectivity index (χ1) is 11.5. The van der Waals surface area contributed by atoms with Gasteiger partial charge in [0.1, 0.15) is 0 Å². The van der Waals surface area contributed by atoms with Crippen LogP contribution in [0.5, 0.6) is 0 Å². The van der Waals surface area contributed by atoms with Crippen LogP contribution in [0.2, 0.25) is 0 Å². The van der Waals surface area contributed by atoms with Gasteiger partial charge in [0, 0.05) is 90.6 Å². The second-order valence-electron chi connectivity index (χ2n) is 7.46. The zero-order valence-electron chi connectivity index (χ0n) is 16.6. The van der Waals surface area contributed by atoms with E-state index in [1.807, 2.05) is 0 Å². The van der Waals surface area contributed by atoms with E-state index in [1.54, 1.807) is 0 Å². The zero-order valence-corrected chi connectivity index (χ0v) is 16.6. The molecule has 2 fully saturated rings. The maximum atomic E-state index is 5.50. The fourth-order valence-electron chi connectivity index (χ4n) is 3.13. The first-order valence-corrected chi connectivity index (χ1v) is 9.86. The van der Waals surface area contributed by atoms with E-state index in [0.717, 1.165) is 32.7 Å². The molecule has 0 aliphatic carbocycles. The SMILES string of the molecule is C.C.CC(C)N1CCN(CCN)CC1.CC(C)NCCN1CCNCC1. The molecule has 2 rings (SSSR count). The number of hydrogen-bond donors (Lipinski definition) is 3. The van der Waals surface area contributed by atoms with Crippen LogP contribution in [-0.4, -0.2) is 105 Å². The minimum atomic E-state index is 0. The Morgan fingerprint density at radius 2 is 1.38 bits per heavy atom. The van der Waals surface area contributed by atoms with Gasteiger partial charge in [0.15, 0.2) is 0 Å². The summed E-state index contributed by atoms with van der Waals surface area (Å²) in [5, 5.41) is 6.78. The molecule has 0 atom stereocenters. The standard InChI is InChI=1S/2C9H21N3.2CH4/c1-9(2)11-5-8-12-6-3-10-4-7-12;1-9(2)12-7-5-11(4-3-10)6-8-12;;/h9-11H,3-8H2,1-2H3;9H,3-8,10H2,1-2H3;2*1H4. The van der Waals surface area contributed by atoms with Gasteiger partial charge in [-0.2, -0.15) is 0 Å². The molecule has 0 saturated carbocycles. The van der Waals surface area contributed by atoms with Crippen molar-refractivity contribution >= 4 is 0 Å². The van der Waals surface area contributed by atoms with Crippen LogP contribution in [0.15, 0.2) is 0 Å². The quantitative estimate of drug-likeness (QED) is 0.621. The highest BCUT2D eigenvalue weighted by atomic mass is 15.3. The van der Waals surface area contributed by atoms with Crippen LogP contribution in [0.4, 0.5) is 0 Å². The maximum Gasteiger partial charge on any atom is 0.0113 e. The minimum absolute atomic E-state index is 0.